The van der Waals surface area contributed by atoms with Crippen LogP contribution in [0.4, 0.5) is 0 Å². The van der Waals surface area contributed by atoms with E-state index in [1.807, 2.05) is 0 Å². The monoisotopic (exact) mass is 141 g/mol. The predicted octanol–water partition coefficient (Wildman–Crippen LogP) is -1.11. The van der Waals surface area contributed by atoms with Gasteiger partial charge in [-0.15, -0.1) is 0 Å². The predicted molar refractivity (Wildman–Crippen MR) is 38.3 cm³/mol. The Kier molecular flexibility index (Phi) is 1.55. The lowest BCUT2D eigenvalue weighted by molar-refractivity contribution is 0.0846. The molecule has 0 radical (unpaired) electrons. The van der Waals surface area contributed by atoms with Crippen LogP contribution >= 0.6 is 0 Å². The summed E-state index contributed by atoms with van der Waals surface area (Å²) in [5, 5.41) is 9.17. The molecule has 0 aromatic rings. The van der Waals surface area contributed by atoms with E-state index in [-0.39, 0.29) is 0 Å². The average molecular weight is 141 g/mol. The van der Waals surface area contributed by atoms with E-state index < -0.39 is 6.23 Å². The zero-order chi connectivity index (χ0) is 7.72. The van der Waals surface area contributed by atoms with Crippen LogP contribution < -0.4 is 11.5 Å². The third-order valence-corrected chi connectivity index (χ3v) is 1.46. The summed E-state index contributed by atoms with van der Waals surface area (Å²) in [6, 6.07) is 0. The molecule has 0 saturated heterocycles. The van der Waals surface area contributed by atoms with Crippen molar-refractivity contribution in [2.24, 2.45) is 11.5 Å². The van der Waals surface area contributed by atoms with Crippen LogP contribution in [-0.2, 0) is 0 Å². The Hall–Kier alpha value is -1.16. The Morgan fingerprint density at radius 1 is 1.60 bits per heavy atom. The molecule has 0 amide bonds. The number of allylic oxidation sites excluding steroid dienone is 1. The Morgan fingerprint density at radius 3 is 2.70 bits per heavy atom. The summed E-state index contributed by atoms with van der Waals surface area (Å²) in [6.07, 6.45) is 2.44. The molecule has 1 unspecified atom stereocenters. The Morgan fingerprint density at radius 2 is 2.20 bits per heavy atom. The van der Waals surface area contributed by atoms with Gasteiger partial charge in [0.2, 0.25) is 0 Å². The molecule has 4 nitrogen and oxygen atoms in total. The van der Waals surface area contributed by atoms with Gasteiger partial charge < -0.3 is 21.5 Å². The number of hydrogen-bond donors (Lipinski definition) is 3. The number of aliphatic hydroxyl groups is 1. The summed E-state index contributed by atoms with van der Waals surface area (Å²) in [5.74, 6) is 0.479. The van der Waals surface area contributed by atoms with Crippen LogP contribution in [0.2, 0.25) is 0 Å². The van der Waals surface area contributed by atoms with E-state index >= 15 is 0 Å². The average Bonchev–Trinajstić information content (AvgIpc) is 1.82. The van der Waals surface area contributed by atoms with E-state index in [0.29, 0.717) is 11.5 Å². The third kappa shape index (κ3) is 1.06. The van der Waals surface area contributed by atoms with Gasteiger partial charge in [-0.25, -0.2) is 0 Å². The van der Waals surface area contributed by atoms with Crippen LogP contribution in [0.1, 0.15) is 0 Å². The summed E-state index contributed by atoms with van der Waals surface area (Å²) < 4.78 is 0. The van der Waals surface area contributed by atoms with Gasteiger partial charge >= 0.3 is 0 Å². The fourth-order valence-corrected chi connectivity index (χ4v) is 0.757. The van der Waals surface area contributed by atoms with Crippen molar-refractivity contribution in [3.63, 3.8) is 0 Å². The smallest absolute Gasteiger partial charge is 0.149 e. The molecule has 1 aliphatic rings. The highest BCUT2D eigenvalue weighted by atomic mass is 16.3. The van der Waals surface area contributed by atoms with Gasteiger partial charge in [0, 0.05) is 18.8 Å². The molecular weight excluding hydrogens is 130 g/mol. The van der Waals surface area contributed by atoms with Crippen molar-refractivity contribution in [2.45, 2.75) is 6.23 Å². The third-order valence-electron chi connectivity index (χ3n) is 1.46. The van der Waals surface area contributed by atoms with Crippen molar-refractivity contribution < 1.29 is 5.11 Å². The molecule has 1 atom stereocenters. The Labute approximate surface area is 59.4 Å². The topological polar surface area (TPSA) is 75.5 Å². The van der Waals surface area contributed by atoms with E-state index in [1.54, 1.807) is 13.1 Å². The van der Waals surface area contributed by atoms with Gasteiger partial charge in [0.15, 0.2) is 0 Å². The van der Waals surface area contributed by atoms with Gasteiger partial charge in [0.25, 0.3) is 0 Å². The molecule has 4 heteroatoms. The largest absolute Gasteiger partial charge is 0.399 e. The van der Waals surface area contributed by atoms with E-state index in [9.17, 15) is 0 Å². The summed E-state index contributed by atoms with van der Waals surface area (Å²) in [5.41, 5.74) is 11.4. The first-order valence-corrected chi connectivity index (χ1v) is 2.96. The number of nitrogens with two attached hydrogens (primary N) is 2. The SMILES string of the molecule is CN1C(N)=CC(N)=CC1O. The van der Waals surface area contributed by atoms with Crippen molar-refractivity contribution in [3.8, 4) is 0 Å². The van der Waals surface area contributed by atoms with E-state index in [1.165, 1.54) is 11.0 Å². The molecule has 0 aromatic heterocycles. The molecule has 0 bridgehead atoms. The van der Waals surface area contributed by atoms with Gasteiger partial charge in [-0.2, -0.15) is 0 Å². The highest BCUT2D eigenvalue weighted by Gasteiger charge is 2.13. The minimum atomic E-state index is -0.690. The molecule has 56 valence electrons. The number of hydrogen-bond acceptors (Lipinski definition) is 4. The van der Waals surface area contributed by atoms with Crippen LogP contribution in [0.15, 0.2) is 23.7 Å². The van der Waals surface area contributed by atoms with Gasteiger partial charge in [0.05, 0.1) is 0 Å². The lowest BCUT2D eigenvalue weighted by Crippen LogP contribution is -2.36. The second-order valence-corrected chi connectivity index (χ2v) is 2.26. The minimum absolute atomic E-state index is 0.479. The van der Waals surface area contributed by atoms with E-state index in [4.69, 9.17) is 16.6 Å². The van der Waals surface area contributed by atoms with Crippen molar-refractivity contribution in [3.05, 3.63) is 23.7 Å². The number of nitrogens with zero attached hydrogens (tertiary/aromatic N) is 1. The molecular formula is C6H11N3O. The second-order valence-electron chi connectivity index (χ2n) is 2.26. The summed E-state index contributed by atoms with van der Waals surface area (Å²) in [7, 11) is 1.69. The maximum absolute atomic E-state index is 9.17. The highest BCUT2D eigenvalue weighted by Crippen LogP contribution is 2.09. The van der Waals surface area contributed by atoms with Crippen molar-refractivity contribution >= 4 is 0 Å². The van der Waals surface area contributed by atoms with Gasteiger partial charge in [-0.3, -0.25) is 0 Å². The standard InChI is InChI=1S/C6H11N3O/c1-9-5(8)2-4(7)3-6(9)10/h2-3,6,10H,7-8H2,1H3. The summed E-state index contributed by atoms with van der Waals surface area (Å²) >= 11 is 0. The van der Waals surface area contributed by atoms with Gasteiger partial charge in [-0.05, 0) is 6.08 Å². The zero-order valence-corrected chi connectivity index (χ0v) is 5.78. The van der Waals surface area contributed by atoms with Gasteiger partial charge in [0.1, 0.15) is 12.0 Å². The maximum atomic E-state index is 9.17. The molecule has 1 heterocycles. The zero-order valence-electron chi connectivity index (χ0n) is 5.78. The van der Waals surface area contributed by atoms with Crippen molar-refractivity contribution in [2.75, 3.05) is 7.05 Å². The molecule has 1 aliphatic heterocycles. The summed E-state index contributed by atoms with van der Waals surface area (Å²) in [6.45, 7) is 0. The summed E-state index contributed by atoms with van der Waals surface area (Å²) in [4.78, 5) is 1.52. The van der Waals surface area contributed by atoms with Gasteiger partial charge in [-0.1, -0.05) is 0 Å². The first-order chi connectivity index (χ1) is 4.61. The van der Waals surface area contributed by atoms with Crippen LogP contribution in [0.25, 0.3) is 0 Å². The second kappa shape index (κ2) is 2.22. The molecule has 0 aliphatic carbocycles. The number of rotatable bonds is 0. The fraction of sp³-hybridized carbons (Fsp3) is 0.333. The number of likely N-dealkylation sites (N-methyl/N-ethyl adjacent to an activating group) is 1. The quantitative estimate of drug-likeness (QED) is 0.400. The van der Waals surface area contributed by atoms with Crippen molar-refractivity contribution in [1.29, 1.82) is 0 Å². The van der Waals surface area contributed by atoms with Crippen LogP contribution in [-0.4, -0.2) is 23.3 Å². The molecule has 0 fully saturated rings. The molecule has 10 heavy (non-hydrogen) atoms. The van der Waals surface area contributed by atoms with E-state index in [0.717, 1.165) is 0 Å². The molecule has 5 N–H and O–H groups in total. The first-order valence-electron chi connectivity index (χ1n) is 2.96. The first kappa shape index (κ1) is 6.95. The van der Waals surface area contributed by atoms with Crippen molar-refractivity contribution in [1.82, 2.24) is 4.90 Å². The maximum Gasteiger partial charge on any atom is 0.149 e. The number of aliphatic hydroxyl groups excluding tert-OH is 1. The lowest BCUT2D eigenvalue weighted by atomic mass is 10.2. The van der Waals surface area contributed by atoms with E-state index in [2.05, 4.69) is 0 Å². The Balaban J connectivity index is 2.85. The minimum Gasteiger partial charge on any atom is -0.399 e. The lowest BCUT2D eigenvalue weighted by Gasteiger charge is -2.26. The molecule has 0 aromatic carbocycles. The fourth-order valence-electron chi connectivity index (χ4n) is 0.757. The van der Waals surface area contributed by atoms with Crippen LogP contribution in [0, 0.1) is 0 Å². The highest BCUT2D eigenvalue weighted by molar-refractivity contribution is 5.24. The molecule has 1 rings (SSSR count). The normalized spacial score (nSPS) is 25.8. The molecule has 0 spiro atoms. The Bertz CT molecular complexity index is 197. The molecule has 0 saturated carbocycles. The van der Waals surface area contributed by atoms with Crippen LogP contribution in [0.3, 0.4) is 0 Å². The van der Waals surface area contributed by atoms with Crippen LogP contribution in [0.5, 0.6) is 0 Å².